The van der Waals surface area contributed by atoms with E-state index in [0.717, 1.165) is 0 Å². The first-order chi connectivity index (χ1) is 8.16. The van der Waals surface area contributed by atoms with E-state index in [9.17, 15) is 19.2 Å². The van der Waals surface area contributed by atoms with Crippen LogP contribution in [0.5, 0.6) is 0 Å². The Bertz CT molecular complexity index is 371. The van der Waals surface area contributed by atoms with Crippen LogP contribution in [0, 0.1) is 0 Å². The largest absolute Gasteiger partial charge is 0.481 e. The minimum atomic E-state index is -2.40. The van der Waals surface area contributed by atoms with Crippen LogP contribution in [0.15, 0.2) is 0 Å². The van der Waals surface area contributed by atoms with Crippen LogP contribution in [-0.4, -0.2) is 97.2 Å². The first-order valence-corrected chi connectivity index (χ1v) is 4.51. The predicted molar refractivity (Wildman–Crippen MR) is 57.6 cm³/mol. The molecule has 0 aromatic heterocycles. The zero-order chi connectivity index (χ0) is 14.5. The maximum atomic E-state index is 10.7. The average molecular weight is 288 g/mol. The van der Waals surface area contributed by atoms with E-state index in [4.69, 9.17) is 25.5 Å². The van der Waals surface area contributed by atoms with Crippen molar-refractivity contribution in [1.29, 1.82) is 0 Å². The van der Waals surface area contributed by atoms with Crippen LogP contribution >= 0.6 is 0 Å². The average Bonchev–Trinajstić information content (AvgIpc) is 2.21. The van der Waals surface area contributed by atoms with E-state index in [0.29, 0.717) is 0 Å². The van der Waals surface area contributed by atoms with E-state index >= 15 is 0 Å². The number of carboxylic acids is 4. The molecule has 0 aliphatic rings. The van der Waals surface area contributed by atoms with Crippen molar-refractivity contribution in [2.45, 2.75) is 24.6 Å². The summed E-state index contributed by atoms with van der Waals surface area (Å²) < 4.78 is 0. The Kier molecular flexibility index (Phi) is 9.35. The van der Waals surface area contributed by atoms with Crippen molar-refractivity contribution in [3.63, 3.8) is 0 Å². The molecule has 0 bridgehead atoms. The Balaban J connectivity index is 0. The van der Waals surface area contributed by atoms with Gasteiger partial charge in [0.25, 0.3) is 0 Å². The van der Waals surface area contributed by atoms with Crippen LogP contribution in [-0.2, 0) is 19.2 Å². The zero-order valence-corrected chi connectivity index (χ0v) is 11.8. The molecular weight excluding hydrogens is 277 g/mol. The molecule has 19 heavy (non-hydrogen) atoms. The number of rotatable bonds is 8. The number of carbonyl (C=O) groups is 4. The topological polar surface area (TPSA) is 181 Å². The minimum absolute atomic E-state index is 0. The molecular formula is C8H11NNaO9. The smallest absolute Gasteiger partial charge is 0.334 e. The van der Waals surface area contributed by atoms with Crippen LogP contribution in [0.1, 0.15) is 6.42 Å². The molecule has 0 fully saturated rings. The number of aliphatic carboxylic acids is 4. The monoisotopic (exact) mass is 288 g/mol. The Labute approximate surface area is 128 Å². The first kappa shape index (κ1) is 20.1. The Morgan fingerprint density at radius 2 is 1.37 bits per heavy atom. The summed E-state index contributed by atoms with van der Waals surface area (Å²) in [5.41, 5.74) is 0. The fourth-order valence-corrected chi connectivity index (χ4v) is 1.05. The van der Waals surface area contributed by atoms with E-state index in [-0.39, 0.29) is 29.6 Å². The number of aliphatic hydroxyl groups excluding tert-OH is 1. The van der Waals surface area contributed by atoms with Gasteiger partial charge in [0, 0.05) is 29.6 Å². The fraction of sp³-hybridized carbons (Fsp3) is 0.500. The molecule has 6 N–H and O–H groups in total. The number of hydrogen-bond acceptors (Lipinski definition) is 6. The Morgan fingerprint density at radius 1 is 0.895 bits per heavy atom. The van der Waals surface area contributed by atoms with Gasteiger partial charge in [-0.25, -0.2) is 4.79 Å². The second-order valence-electron chi connectivity index (χ2n) is 3.25. The van der Waals surface area contributed by atoms with Crippen molar-refractivity contribution in [1.82, 2.24) is 5.32 Å². The summed E-state index contributed by atoms with van der Waals surface area (Å²) >= 11 is 0. The second kappa shape index (κ2) is 8.82. The summed E-state index contributed by atoms with van der Waals surface area (Å²) in [5, 5.41) is 44.9. The summed E-state index contributed by atoms with van der Waals surface area (Å²) in [6, 6.07) is -3.97. The molecule has 0 aliphatic carbocycles. The fourth-order valence-electron chi connectivity index (χ4n) is 1.05. The zero-order valence-electron chi connectivity index (χ0n) is 9.81. The minimum Gasteiger partial charge on any atom is -0.481 e. The summed E-state index contributed by atoms with van der Waals surface area (Å²) in [4.78, 5) is 42.0. The molecule has 0 saturated heterocycles. The number of hydrogen-bond donors (Lipinski definition) is 6. The van der Waals surface area contributed by atoms with Gasteiger partial charge in [0.1, 0.15) is 12.1 Å². The molecule has 0 aromatic carbocycles. The van der Waals surface area contributed by atoms with Crippen LogP contribution in [0.4, 0.5) is 0 Å². The van der Waals surface area contributed by atoms with E-state index in [1.165, 1.54) is 0 Å². The SMILES string of the molecule is O=C(O)CC(NC(C(=O)O)C(O)C(=O)O)C(=O)O.[Na]. The molecule has 1 radical (unpaired) electrons. The molecule has 0 amide bonds. The summed E-state index contributed by atoms with van der Waals surface area (Å²) in [7, 11) is 0. The van der Waals surface area contributed by atoms with Gasteiger partial charge < -0.3 is 25.5 Å². The van der Waals surface area contributed by atoms with Gasteiger partial charge >= 0.3 is 23.9 Å². The summed E-state index contributed by atoms with van der Waals surface area (Å²) in [6.45, 7) is 0. The predicted octanol–water partition coefficient (Wildman–Crippen LogP) is -2.98. The molecule has 0 aliphatic heterocycles. The van der Waals surface area contributed by atoms with Gasteiger partial charge in [0.05, 0.1) is 6.42 Å². The maximum Gasteiger partial charge on any atom is 0.334 e. The van der Waals surface area contributed by atoms with Crippen molar-refractivity contribution in [2.24, 2.45) is 0 Å². The van der Waals surface area contributed by atoms with Gasteiger partial charge in [-0.15, -0.1) is 0 Å². The molecule has 103 valence electrons. The molecule has 0 spiro atoms. The third-order valence-corrected chi connectivity index (χ3v) is 1.89. The van der Waals surface area contributed by atoms with Crippen LogP contribution in [0.2, 0.25) is 0 Å². The molecule has 0 rings (SSSR count). The van der Waals surface area contributed by atoms with Crippen molar-refractivity contribution in [2.75, 3.05) is 0 Å². The molecule has 3 atom stereocenters. The Hall–Kier alpha value is -1.20. The quantitative estimate of drug-likeness (QED) is 0.252. The summed E-state index contributed by atoms with van der Waals surface area (Å²) in [5.74, 6) is -6.90. The number of nitrogens with one attached hydrogen (secondary N) is 1. The van der Waals surface area contributed by atoms with Crippen LogP contribution < -0.4 is 5.32 Å². The molecule has 0 aromatic rings. The van der Waals surface area contributed by atoms with Crippen molar-refractivity contribution < 1.29 is 44.7 Å². The van der Waals surface area contributed by atoms with Gasteiger partial charge in [-0.1, -0.05) is 0 Å². The van der Waals surface area contributed by atoms with E-state index in [1.54, 1.807) is 5.32 Å². The molecule has 0 saturated carbocycles. The third kappa shape index (κ3) is 7.08. The van der Waals surface area contributed by atoms with Crippen LogP contribution in [0.25, 0.3) is 0 Å². The summed E-state index contributed by atoms with van der Waals surface area (Å²) in [6.07, 6.45) is -3.37. The third-order valence-electron chi connectivity index (χ3n) is 1.89. The van der Waals surface area contributed by atoms with E-state index in [1.807, 2.05) is 0 Å². The van der Waals surface area contributed by atoms with E-state index in [2.05, 4.69) is 0 Å². The normalized spacial score (nSPS) is 14.6. The number of aliphatic hydroxyl groups is 1. The van der Waals surface area contributed by atoms with Crippen molar-refractivity contribution in [3.05, 3.63) is 0 Å². The van der Waals surface area contributed by atoms with Gasteiger partial charge in [-0.05, 0) is 0 Å². The first-order valence-electron chi connectivity index (χ1n) is 4.51. The molecule has 3 unspecified atom stereocenters. The van der Waals surface area contributed by atoms with Crippen LogP contribution in [0.3, 0.4) is 0 Å². The Morgan fingerprint density at radius 3 is 1.63 bits per heavy atom. The second-order valence-corrected chi connectivity index (χ2v) is 3.25. The molecule has 10 nitrogen and oxygen atoms in total. The standard InChI is InChI=1S/C8H11NO9.Na/c10-3(11)1-2(6(13)14)9-4(7(15)16)5(12)8(17)18;/h2,4-5,9,12H,1H2,(H,10,11)(H,13,14)(H,15,16)(H,17,18);. The van der Waals surface area contributed by atoms with Gasteiger partial charge in [0.2, 0.25) is 0 Å². The van der Waals surface area contributed by atoms with Crippen molar-refractivity contribution in [3.8, 4) is 0 Å². The molecule has 0 heterocycles. The van der Waals surface area contributed by atoms with E-state index < -0.39 is 48.5 Å². The van der Waals surface area contributed by atoms with Gasteiger partial charge in [-0.2, -0.15) is 0 Å². The maximum absolute atomic E-state index is 10.7. The van der Waals surface area contributed by atoms with Crippen molar-refractivity contribution >= 4 is 53.4 Å². The number of carboxylic acid groups (broad SMARTS) is 4. The van der Waals surface area contributed by atoms with Gasteiger partial charge in [-0.3, -0.25) is 19.7 Å². The van der Waals surface area contributed by atoms with Gasteiger partial charge in [0.15, 0.2) is 6.10 Å². The molecule has 11 heteroatoms.